The van der Waals surface area contributed by atoms with Crippen molar-refractivity contribution in [3.8, 4) is 16.9 Å². The van der Waals surface area contributed by atoms with Gasteiger partial charge in [0.25, 0.3) is 5.91 Å². The number of nitrogen functional groups attached to an aromatic ring is 1. The molecule has 0 aromatic heterocycles. The lowest BCUT2D eigenvalue weighted by Crippen LogP contribution is -2.62. The number of nitrogens with zero attached hydrogens (tertiary/aromatic N) is 3. The quantitative estimate of drug-likeness (QED) is 0.139. The van der Waals surface area contributed by atoms with Crippen LogP contribution in [-0.2, 0) is 22.6 Å². The zero-order valence-electron chi connectivity index (χ0n) is 35.2. The van der Waals surface area contributed by atoms with E-state index in [4.69, 9.17) is 15.3 Å². The maximum Gasteiger partial charge on any atom is 0.251 e. The number of nitrogens with two attached hydrogens (primary N) is 1. The maximum atomic E-state index is 14.3. The number of anilines is 2. The molecule has 0 unspecified atom stereocenters. The minimum absolute atomic E-state index is 0.0301. The Morgan fingerprint density at radius 3 is 2.42 bits per heavy atom. The average molecular weight is 785 g/mol. The van der Waals surface area contributed by atoms with Crippen LogP contribution in [-0.4, -0.2) is 111 Å². The third-order valence-corrected chi connectivity index (χ3v) is 13.1. The third-order valence-electron chi connectivity index (χ3n) is 13.1. The topological polar surface area (TPSA) is 153 Å². The molecule has 0 spiro atoms. The molecule has 3 saturated carbocycles. The van der Waals surface area contributed by atoms with Gasteiger partial charge in [-0.25, -0.2) is 0 Å². The van der Waals surface area contributed by atoms with Crippen molar-refractivity contribution in [1.82, 2.24) is 20.6 Å². The van der Waals surface area contributed by atoms with Gasteiger partial charge in [0, 0.05) is 66.7 Å². The first-order chi connectivity index (χ1) is 27.0. The number of nitrogens with one attached hydrogen (secondary N) is 2. The standard InChI is InChI=1S/C45H64N6O6/c1-26-37-21-32(45(37,3)4)22-38(26)48-44(55)41-40(27(2)53)39(25-52)57-51(41)23-29-13-11-15-36(42(29)56-9)30-18-31(20-35(19-30)50(7)8)43(54)47-34(24-49(5)6)17-28-12-10-14-33(46)16-28/h10-16,18-20,26-27,32,34,37-41,52-53H,17,21-25,46H2,1-9H3,(H,47,54)(H,48,55)/t26-,27-,32-,34-,37+,38-,39-,40+,41-/m0/s1. The lowest BCUT2D eigenvalue weighted by molar-refractivity contribution is -0.183. The summed E-state index contributed by atoms with van der Waals surface area (Å²) in [7, 11) is 9.45. The number of hydrogen-bond acceptors (Lipinski definition) is 10. The van der Waals surface area contributed by atoms with Crippen LogP contribution in [0, 0.1) is 29.1 Å². The summed E-state index contributed by atoms with van der Waals surface area (Å²) in [5.41, 5.74) is 11.7. The molecular weight excluding hydrogens is 721 g/mol. The number of para-hydroxylation sites is 1. The lowest BCUT2D eigenvalue weighted by atomic mass is 9.45. The molecule has 3 aromatic rings. The summed E-state index contributed by atoms with van der Waals surface area (Å²) in [6.07, 6.45) is 1.07. The summed E-state index contributed by atoms with van der Waals surface area (Å²) >= 11 is 0. The second-order valence-corrected chi connectivity index (χ2v) is 17.8. The van der Waals surface area contributed by atoms with E-state index in [1.165, 1.54) is 6.42 Å². The number of likely N-dealkylation sites (N-methyl/N-ethyl adjacent to an activating group) is 1. The number of hydroxylamine groups is 2. The Morgan fingerprint density at radius 1 is 1.07 bits per heavy atom. The molecule has 9 atom stereocenters. The Labute approximate surface area is 338 Å². The Kier molecular flexibility index (Phi) is 12.9. The Morgan fingerprint density at radius 2 is 1.81 bits per heavy atom. The zero-order chi connectivity index (χ0) is 41.3. The van der Waals surface area contributed by atoms with Gasteiger partial charge in [-0.2, -0.15) is 5.06 Å². The van der Waals surface area contributed by atoms with Crippen LogP contribution in [0.15, 0.2) is 60.7 Å². The number of aliphatic hydroxyl groups is 2. The van der Waals surface area contributed by atoms with E-state index in [-0.39, 0.29) is 42.5 Å². The fraction of sp³-hybridized carbons (Fsp3) is 0.556. The van der Waals surface area contributed by atoms with Gasteiger partial charge in [-0.15, -0.1) is 0 Å². The highest BCUT2D eigenvalue weighted by atomic mass is 16.7. The fourth-order valence-corrected chi connectivity index (χ4v) is 9.86. The summed E-state index contributed by atoms with van der Waals surface area (Å²) in [5, 5.41) is 29.6. The van der Waals surface area contributed by atoms with Crippen molar-refractivity contribution in [2.24, 2.45) is 29.1 Å². The first kappa shape index (κ1) is 42.4. The van der Waals surface area contributed by atoms with Gasteiger partial charge in [-0.3, -0.25) is 14.4 Å². The number of ether oxygens (including phenoxy) is 1. The molecule has 4 aliphatic rings. The molecule has 12 nitrogen and oxygen atoms in total. The highest BCUT2D eigenvalue weighted by Crippen LogP contribution is 2.61. The molecule has 1 saturated heterocycles. The number of hydrogen-bond donors (Lipinski definition) is 5. The van der Waals surface area contributed by atoms with Crippen molar-refractivity contribution in [2.45, 2.75) is 83.8 Å². The summed E-state index contributed by atoms with van der Waals surface area (Å²) in [5.74, 6) is 0.955. The third kappa shape index (κ3) is 8.95. The Bertz CT molecular complexity index is 1900. The molecule has 1 heterocycles. The van der Waals surface area contributed by atoms with Gasteiger partial charge in [0.2, 0.25) is 5.91 Å². The molecule has 1 aliphatic heterocycles. The molecular formula is C45H64N6O6. The fourth-order valence-electron chi connectivity index (χ4n) is 9.86. The normalized spacial score (nSPS) is 26.4. The van der Waals surface area contributed by atoms with Gasteiger partial charge in [0.05, 0.1) is 26.4 Å². The van der Waals surface area contributed by atoms with E-state index < -0.39 is 24.2 Å². The van der Waals surface area contributed by atoms with E-state index in [2.05, 4.69) is 36.3 Å². The highest BCUT2D eigenvalue weighted by molar-refractivity contribution is 5.97. The number of amides is 2. The molecule has 6 N–H and O–H groups in total. The summed E-state index contributed by atoms with van der Waals surface area (Å²) in [6, 6.07) is 18.3. The van der Waals surface area contributed by atoms with Crippen molar-refractivity contribution >= 4 is 23.2 Å². The molecule has 310 valence electrons. The monoisotopic (exact) mass is 784 g/mol. The summed E-state index contributed by atoms with van der Waals surface area (Å²) in [4.78, 5) is 38.7. The smallest absolute Gasteiger partial charge is 0.251 e. The molecule has 0 radical (unpaired) electrons. The van der Waals surface area contributed by atoms with E-state index in [1.807, 2.05) is 93.8 Å². The Balaban J connectivity index is 1.28. The predicted molar refractivity (Wildman–Crippen MR) is 225 cm³/mol. The van der Waals surface area contributed by atoms with Crippen LogP contribution in [0.25, 0.3) is 11.1 Å². The molecule has 3 aliphatic carbocycles. The van der Waals surface area contributed by atoms with Crippen LogP contribution in [0.2, 0.25) is 0 Å². The number of benzene rings is 3. The number of methoxy groups -OCH3 is 1. The average Bonchev–Trinajstić information content (AvgIpc) is 3.53. The molecule has 2 amide bonds. The van der Waals surface area contributed by atoms with Crippen LogP contribution in [0.1, 0.15) is 62.0 Å². The second-order valence-electron chi connectivity index (χ2n) is 17.8. The first-order valence-corrected chi connectivity index (χ1v) is 20.3. The van der Waals surface area contributed by atoms with Gasteiger partial charge < -0.3 is 41.1 Å². The van der Waals surface area contributed by atoms with Gasteiger partial charge in [-0.05, 0) is 105 Å². The Hall–Kier alpha value is -4.20. The second kappa shape index (κ2) is 17.3. The van der Waals surface area contributed by atoms with Crippen LogP contribution in [0.3, 0.4) is 0 Å². The number of carbonyl (C=O) groups excluding carboxylic acids is 2. The number of aliphatic hydroxyl groups excluding tert-OH is 2. The minimum Gasteiger partial charge on any atom is -0.496 e. The SMILES string of the molecule is COc1c(CN2O[C@@H](CO)[C@@H]([C@H](C)O)[C@H]2C(=O)N[C@H]2C[C@@H]3C[C@H]([C@@H]2C)C3(C)C)cccc1-c1cc(C(=O)N[C@@H](Cc2cccc(N)c2)CN(C)C)cc(N(C)C)c1. The number of carbonyl (C=O) groups is 2. The van der Waals surface area contributed by atoms with E-state index in [1.54, 1.807) is 19.1 Å². The van der Waals surface area contributed by atoms with Gasteiger partial charge >= 0.3 is 0 Å². The lowest BCUT2D eigenvalue weighted by Gasteiger charge is -2.62. The van der Waals surface area contributed by atoms with Crippen molar-refractivity contribution in [3.05, 3.63) is 77.4 Å². The molecule has 57 heavy (non-hydrogen) atoms. The highest BCUT2D eigenvalue weighted by Gasteiger charge is 2.57. The largest absolute Gasteiger partial charge is 0.496 e. The van der Waals surface area contributed by atoms with Gasteiger partial charge in [-0.1, -0.05) is 51.1 Å². The molecule has 2 bridgehead atoms. The molecule has 7 rings (SSSR count). The van der Waals surface area contributed by atoms with Gasteiger partial charge in [0.1, 0.15) is 17.9 Å². The van der Waals surface area contributed by atoms with Crippen molar-refractivity contribution in [1.29, 1.82) is 0 Å². The van der Waals surface area contributed by atoms with Crippen LogP contribution in [0.5, 0.6) is 5.75 Å². The minimum atomic E-state index is -0.909. The van der Waals surface area contributed by atoms with Gasteiger partial charge in [0.15, 0.2) is 0 Å². The number of fused-ring (bicyclic) bond motifs is 2. The number of rotatable bonds is 15. The molecule has 4 fully saturated rings. The van der Waals surface area contributed by atoms with Crippen molar-refractivity contribution in [2.75, 3.05) is 59.1 Å². The van der Waals surface area contributed by atoms with E-state index in [0.717, 1.165) is 34.4 Å². The van der Waals surface area contributed by atoms with Crippen LogP contribution >= 0.6 is 0 Å². The molecule has 12 heteroatoms. The predicted octanol–water partition coefficient (Wildman–Crippen LogP) is 4.57. The van der Waals surface area contributed by atoms with E-state index in [9.17, 15) is 19.8 Å². The van der Waals surface area contributed by atoms with Crippen LogP contribution in [0.4, 0.5) is 11.4 Å². The van der Waals surface area contributed by atoms with Crippen LogP contribution < -0.4 is 26.0 Å². The first-order valence-electron chi connectivity index (χ1n) is 20.3. The zero-order valence-corrected chi connectivity index (χ0v) is 35.2. The summed E-state index contributed by atoms with van der Waals surface area (Å²) < 4.78 is 6.11. The molecule has 3 aromatic carbocycles. The van der Waals surface area contributed by atoms with E-state index in [0.29, 0.717) is 47.7 Å². The maximum absolute atomic E-state index is 14.3. The van der Waals surface area contributed by atoms with E-state index >= 15 is 0 Å². The summed E-state index contributed by atoms with van der Waals surface area (Å²) in [6.45, 7) is 9.00. The van der Waals surface area contributed by atoms with Crippen molar-refractivity contribution in [3.63, 3.8) is 0 Å². The van der Waals surface area contributed by atoms with Crippen molar-refractivity contribution < 1.29 is 29.4 Å².